The van der Waals surface area contributed by atoms with Crippen molar-refractivity contribution in [3.05, 3.63) is 35.3 Å². The van der Waals surface area contributed by atoms with Crippen LogP contribution in [0, 0.1) is 5.41 Å². The first kappa shape index (κ1) is 9.58. The number of nitrogens with one attached hydrogen (secondary N) is 1. The summed E-state index contributed by atoms with van der Waals surface area (Å²) in [5, 5.41) is 16.5. The van der Waals surface area contributed by atoms with Crippen LogP contribution >= 0.6 is 0 Å². The number of aliphatic hydroxyl groups is 1. The monoisotopic (exact) mass is 179 g/mol. The molecule has 0 amide bonds. The fraction of sp³-hybridized carbons (Fsp3) is 0.300. The standard InChI is InChI=1S/C10H13NO2/c1-2-13-10-6-8(7-11)4-3-5-9(10)12/h4-7,11-12H,2-3H2,1H3. The molecule has 0 radical (unpaired) electrons. The first-order valence-corrected chi connectivity index (χ1v) is 4.22. The van der Waals surface area contributed by atoms with Gasteiger partial charge in [0.15, 0.2) is 11.5 Å². The van der Waals surface area contributed by atoms with Gasteiger partial charge in [0.2, 0.25) is 0 Å². The molecule has 0 aliphatic heterocycles. The molecule has 0 aromatic heterocycles. The smallest absolute Gasteiger partial charge is 0.161 e. The zero-order chi connectivity index (χ0) is 9.68. The van der Waals surface area contributed by atoms with Crippen LogP contribution in [0.25, 0.3) is 0 Å². The summed E-state index contributed by atoms with van der Waals surface area (Å²) in [5.41, 5.74) is 0.753. The van der Waals surface area contributed by atoms with E-state index in [2.05, 4.69) is 0 Å². The Morgan fingerprint density at radius 2 is 2.38 bits per heavy atom. The summed E-state index contributed by atoms with van der Waals surface area (Å²) < 4.78 is 5.21. The molecule has 0 saturated carbocycles. The molecule has 0 unspecified atom stereocenters. The average molecular weight is 179 g/mol. The highest BCUT2D eigenvalue weighted by Crippen LogP contribution is 2.16. The molecular formula is C10H13NO2. The van der Waals surface area contributed by atoms with Crippen LogP contribution in [0.3, 0.4) is 0 Å². The van der Waals surface area contributed by atoms with Gasteiger partial charge in [-0.3, -0.25) is 0 Å². The van der Waals surface area contributed by atoms with Gasteiger partial charge in [-0.05, 0) is 31.1 Å². The molecule has 2 N–H and O–H groups in total. The highest BCUT2D eigenvalue weighted by atomic mass is 16.5. The van der Waals surface area contributed by atoms with Crippen molar-refractivity contribution in [3.63, 3.8) is 0 Å². The second-order valence-electron chi connectivity index (χ2n) is 2.62. The quantitative estimate of drug-likeness (QED) is 0.653. The van der Waals surface area contributed by atoms with Crippen molar-refractivity contribution in [1.29, 1.82) is 5.41 Å². The van der Waals surface area contributed by atoms with Crippen LogP contribution in [0.2, 0.25) is 0 Å². The van der Waals surface area contributed by atoms with Crippen molar-refractivity contribution >= 4 is 6.21 Å². The maximum absolute atomic E-state index is 9.45. The second kappa shape index (κ2) is 4.50. The average Bonchev–Trinajstić information content (AvgIpc) is 2.30. The van der Waals surface area contributed by atoms with Crippen molar-refractivity contribution in [1.82, 2.24) is 0 Å². The normalized spacial score (nSPS) is 16.5. The maximum atomic E-state index is 9.45. The summed E-state index contributed by atoms with van der Waals surface area (Å²) >= 11 is 0. The third kappa shape index (κ3) is 2.47. The predicted molar refractivity (Wildman–Crippen MR) is 51.9 cm³/mol. The highest BCUT2D eigenvalue weighted by Gasteiger charge is 2.06. The zero-order valence-corrected chi connectivity index (χ0v) is 7.58. The van der Waals surface area contributed by atoms with Gasteiger partial charge in [-0.15, -0.1) is 0 Å². The van der Waals surface area contributed by atoms with Gasteiger partial charge in [-0.1, -0.05) is 6.08 Å². The molecule has 1 aliphatic carbocycles. The first-order valence-electron chi connectivity index (χ1n) is 4.22. The van der Waals surface area contributed by atoms with E-state index in [0.29, 0.717) is 18.8 Å². The Balaban J connectivity index is 2.90. The largest absolute Gasteiger partial charge is 0.504 e. The van der Waals surface area contributed by atoms with Crippen LogP contribution in [-0.2, 0) is 4.74 Å². The summed E-state index contributed by atoms with van der Waals surface area (Å²) in [6, 6.07) is 0. The predicted octanol–water partition coefficient (Wildman–Crippen LogP) is 2.33. The lowest BCUT2D eigenvalue weighted by molar-refractivity contribution is 0.208. The van der Waals surface area contributed by atoms with Crippen molar-refractivity contribution < 1.29 is 9.84 Å². The van der Waals surface area contributed by atoms with Gasteiger partial charge in [0, 0.05) is 6.21 Å². The molecule has 70 valence electrons. The summed E-state index contributed by atoms with van der Waals surface area (Å²) in [6.45, 7) is 2.36. The van der Waals surface area contributed by atoms with Gasteiger partial charge in [0.05, 0.1) is 6.61 Å². The molecule has 3 heteroatoms. The lowest BCUT2D eigenvalue weighted by Crippen LogP contribution is -1.95. The van der Waals surface area contributed by atoms with Crippen molar-refractivity contribution in [2.24, 2.45) is 0 Å². The summed E-state index contributed by atoms with van der Waals surface area (Å²) in [7, 11) is 0. The number of allylic oxidation sites excluding steroid dienone is 4. The molecule has 0 atom stereocenters. The Bertz CT molecular complexity index is 287. The molecule has 0 aromatic rings. The van der Waals surface area contributed by atoms with Crippen LogP contribution in [0.5, 0.6) is 0 Å². The number of rotatable bonds is 3. The Labute approximate surface area is 77.5 Å². The fourth-order valence-corrected chi connectivity index (χ4v) is 1.06. The van der Waals surface area contributed by atoms with Crippen LogP contribution in [0.4, 0.5) is 0 Å². The van der Waals surface area contributed by atoms with Crippen molar-refractivity contribution in [2.75, 3.05) is 6.61 Å². The second-order valence-corrected chi connectivity index (χ2v) is 2.62. The number of hydrogen-bond donors (Lipinski definition) is 2. The van der Waals surface area contributed by atoms with E-state index >= 15 is 0 Å². The van der Waals surface area contributed by atoms with E-state index in [4.69, 9.17) is 10.1 Å². The van der Waals surface area contributed by atoms with E-state index < -0.39 is 0 Å². The molecule has 1 aliphatic rings. The summed E-state index contributed by atoms with van der Waals surface area (Å²) in [6.07, 6.45) is 7.05. The first-order chi connectivity index (χ1) is 6.27. The minimum absolute atomic E-state index is 0.148. The minimum Gasteiger partial charge on any atom is -0.504 e. The van der Waals surface area contributed by atoms with Crippen LogP contribution in [0.15, 0.2) is 35.3 Å². The highest BCUT2D eigenvalue weighted by molar-refractivity contribution is 5.80. The lowest BCUT2D eigenvalue weighted by Gasteiger charge is -2.06. The molecule has 1 rings (SSSR count). The van der Waals surface area contributed by atoms with Gasteiger partial charge in [0.1, 0.15) is 0 Å². The van der Waals surface area contributed by atoms with Gasteiger partial charge in [-0.25, -0.2) is 0 Å². The van der Waals surface area contributed by atoms with Crippen molar-refractivity contribution in [3.8, 4) is 0 Å². The number of ether oxygens (including phenoxy) is 1. The Kier molecular flexibility index (Phi) is 3.31. The SMILES string of the molecule is CCOC1=CC(C=N)=CCC=C1O. The molecule has 0 heterocycles. The van der Waals surface area contributed by atoms with Gasteiger partial charge in [-0.2, -0.15) is 0 Å². The molecule has 0 saturated heterocycles. The zero-order valence-electron chi connectivity index (χ0n) is 7.58. The van der Waals surface area contributed by atoms with Gasteiger partial charge < -0.3 is 15.3 Å². The van der Waals surface area contributed by atoms with E-state index in [1.807, 2.05) is 13.0 Å². The van der Waals surface area contributed by atoms with Crippen molar-refractivity contribution in [2.45, 2.75) is 13.3 Å². The van der Waals surface area contributed by atoms with Crippen LogP contribution in [0.1, 0.15) is 13.3 Å². The molecule has 3 nitrogen and oxygen atoms in total. The maximum Gasteiger partial charge on any atom is 0.161 e. The van der Waals surface area contributed by atoms with Crippen LogP contribution < -0.4 is 0 Å². The Morgan fingerprint density at radius 1 is 1.62 bits per heavy atom. The molecule has 0 aromatic carbocycles. The third-order valence-electron chi connectivity index (χ3n) is 1.68. The minimum atomic E-state index is 0.148. The van der Waals surface area contributed by atoms with E-state index in [1.165, 1.54) is 6.21 Å². The summed E-state index contributed by atoms with van der Waals surface area (Å²) in [5.74, 6) is 0.588. The van der Waals surface area contributed by atoms with Gasteiger partial charge >= 0.3 is 0 Å². The molecule has 0 spiro atoms. The molecular weight excluding hydrogens is 166 g/mol. The topological polar surface area (TPSA) is 53.3 Å². The Hall–Kier alpha value is -1.51. The van der Waals surface area contributed by atoms with E-state index in [1.54, 1.807) is 12.2 Å². The molecule has 0 fully saturated rings. The molecule has 0 bridgehead atoms. The summed E-state index contributed by atoms with van der Waals surface area (Å²) in [4.78, 5) is 0. The van der Waals surface area contributed by atoms with Gasteiger partial charge in [0.25, 0.3) is 0 Å². The Morgan fingerprint density at radius 3 is 3.00 bits per heavy atom. The fourth-order valence-electron chi connectivity index (χ4n) is 1.06. The third-order valence-corrected chi connectivity index (χ3v) is 1.68. The van der Waals surface area contributed by atoms with E-state index in [9.17, 15) is 5.11 Å². The van der Waals surface area contributed by atoms with Crippen LogP contribution in [-0.4, -0.2) is 17.9 Å². The number of hydrogen-bond acceptors (Lipinski definition) is 3. The number of aliphatic hydroxyl groups excluding tert-OH is 1. The van der Waals surface area contributed by atoms with E-state index in [0.717, 1.165) is 5.57 Å². The van der Waals surface area contributed by atoms with E-state index in [-0.39, 0.29) is 5.76 Å². The molecule has 13 heavy (non-hydrogen) atoms. The lowest BCUT2D eigenvalue weighted by atomic mass is 10.2.